The molecule has 0 aromatic heterocycles. The number of nitrogens with zero attached hydrogens (tertiary/aromatic N) is 1. The van der Waals surface area contributed by atoms with Crippen LogP contribution >= 0.6 is 0 Å². The summed E-state index contributed by atoms with van der Waals surface area (Å²) in [5, 5.41) is 5.61. The van der Waals surface area contributed by atoms with Gasteiger partial charge in [-0.15, -0.1) is 0 Å². The van der Waals surface area contributed by atoms with Crippen LogP contribution in [-0.2, 0) is 20.8 Å². The molecule has 8 nitrogen and oxygen atoms in total. The van der Waals surface area contributed by atoms with Crippen molar-refractivity contribution in [2.45, 2.75) is 25.6 Å². The fourth-order valence-electron chi connectivity index (χ4n) is 4.04. The lowest BCUT2D eigenvalue weighted by molar-refractivity contribution is -0.126. The van der Waals surface area contributed by atoms with Crippen molar-refractivity contribution in [1.29, 1.82) is 0 Å². The fraction of sp³-hybridized carbons (Fsp3) is 0.250. The molecule has 1 heterocycles. The van der Waals surface area contributed by atoms with Crippen LogP contribution in [0, 0.1) is 12.7 Å². The Morgan fingerprint density at radius 1 is 1.00 bits per heavy atom. The van der Waals surface area contributed by atoms with Gasteiger partial charge in [-0.25, -0.2) is 9.18 Å². The summed E-state index contributed by atoms with van der Waals surface area (Å²) in [5.74, 6) is -1.04. The van der Waals surface area contributed by atoms with E-state index in [1.165, 1.54) is 24.1 Å². The van der Waals surface area contributed by atoms with E-state index in [0.717, 1.165) is 5.56 Å². The van der Waals surface area contributed by atoms with Crippen LogP contribution in [0.15, 0.2) is 72.8 Å². The molecule has 0 aliphatic carbocycles. The van der Waals surface area contributed by atoms with Crippen molar-refractivity contribution < 1.29 is 28.2 Å². The molecular formula is C28H28FN3O5. The standard InChI is InChI=1S/C28H28FN3O5/c1-18-3-7-21(8-4-18)26(33)31-23-13-9-20(10-14-23)25-24(27(34)30-15-16-36-2)32(28(35)37-25)17-19-5-11-22(29)12-6-19/h3-14,24-25H,15-17H2,1-2H3,(H,30,34)(H,31,33). The van der Waals surface area contributed by atoms with Crippen molar-refractivity contribution >= 4 is 23.6 Å². The van der Waals surface area contributed by atoms with Gasteiger partial charge in [0.1, 0.15) is 5.82 Å². The normalized spacial score (nSPS) is 16.8. The van der Waals surface area contributed by atoms with Gasteiger partial charge in [-0.1, -0.05) is 42.0 Å². The van der Waals surface area contributed by atoms with E-state index < -0.39 is 30.0 Å². The highest BCUT2D eigenvalue weighted by molar-refractivity contribution is 6.04. The number of carbonyl (C=O) groups excluding carboxylic acids is 3. The number of hydrogen-bond acceptors (Lipinski definition) is 5. The average Bonchev–Trinajstić information content (AvgIpc) is 3.22. The lowest BCUT2D eigenvalue weighted by Crippen LogP contribution is -2.47. The van der Waals surface area contributed by atoms with E-state index >= 15 is 0 Å². The van der Waals surface area contributed by atoms with E-state index in [2.05, 4.69) is 10.6 Å². The van der Waals surface area contributed by atoms with Crippen molar-refractivity contribution in [3.63, 3.8) is 0 Å². The number of anilines is 1. The molecule has 1 fully saturated rings. The largest absolute Gasteiger partial charge is 0.438 e. The Balaban J connectivity index is 1.53. The topological polar surface area (TPSA) is 97.0 Å². The molecule has 0 saturated carbocycles. The van der Waals surface area contributed by atoms with E-state index in [4.69, 9.17) is 9.47 Å². The maximum absolute atomic E-state index is 13.4. The van der Waals surface area contributed by atoms with E-state index in [0.29, 0.717) is 29.0 Å². The molecule has 3 aromatic rings. The van der Waals surface area contributed by atoms with Gasteiger partial charge in [0.05, 0.1) is 13.2 Å². The first kappa shape index (κ1) is 25.8. The number of hydrogen-bond donors (Lipinski definition) is 2. The molecule has 0 radical (unpaired) electrons. The minimum absolute atomic E-state index is 0.0721. The monoisotopic (exact) mass is 505 g/mol. The van der Waals surface area contributed by atoms with Gasteiger partial charge in [0.15, 0.2) is 12.1 Å². The minimum Gasteiger partial charge on any atom is -0.438 e. The second-order valence-corrected chi connectivity index (χ2v) is 8.73. The van der Waals surface area contributed by atoms with E-state index in [9.17, 15) is 18.8 Å². The van der Waals surface area contributed by atoms with Crippen molar-refractivity contribution in [2.24, 2.45) is 0 Å². The zero-order valence-electron chi connectivity index (χ0n) is 20.6. The highest BCUT2D eigenvalue weighted by Gasteiger charge is 2.46. The third-order valence-electron chi connectivity index (χ3n) is 6.04. The summed E-state index contributed by atoms with van der Waals surface area (Å²) in [5.41, 5.74) is 3.39. The Morgan fingerprint density at radius 3 is 2.32 bits per heavy atom. The Kier molecular flexibility index (Phi) is 8.15. The third-order valence-corrected chi connectivity index (χ3v) is 6.04. The molecule has 1 saturated heterocycles. The molecule has 3 amide bonds. The maximum atomic E-state index is 13.4. The molecule has 0 spiro atoms. The van der Waals surface area contributed by atoms with Gasteiger partial charge in [-0.05, 0) is 54.4 Å². The Bertz CT molecular complexity index is 1250. The van der Waals surface area contributed by atoms with Crippen LogP contribution < -0.4 is 10.6 Å². The first-order valence-corrected chi connectivity index (χ1v) is 11.8. The lowest BCUT2D eigenvalue weighted by atomic mass is 10.00. The summed E-state index contributed by atoms with van der Waals surface area (Å²) in [6, 6.07) is 18.8. The van der Waals surface area contributed by atoms with E-state index in [1.807, 2.05) is 19.1 Å². The summed E-state index contributed by atoms with van der Waals surface area (Å²) in [7, 11) is 1.52. The van der Waals surface area contributed by atoms with Crippen LogP contribution in [0.2, 0.25) is 0 Å². The molecule has 2 N–H and O–H groups in total. The number of aryl methyl sites for hydroxylation is 1. The number of carbonyl (C=O) groups is 3. The Morgan fingerprint density at radius 2 is 1.68 bits per heavy atom. The van der Waals surface area contributed by atoms with Gasteiger partial charge in [-0.2, -0.15) is 0 Å². The van der Waals surface area contributed by atoms with Crippen LogP contribution in [0.4, 0.5) is 14.9 Å². The second kappa shape index (κ2) is 11.7. The quantitative estimate of drug-likeness (QED) is 0.425. The molecule has 9 heteroatoms. The average molecular weight is 506 g/mol. The minimum atomic E-state index is -0.956. The van der Waals surface area contributed by atoms with Crippen LogP contribution in [-0.4, -0.2) is 49.1 Å². The van der Waals surface area contributed by atoms with Crippen molar-refractivity contribution in [1.82, 2.24) is 10.2 Å². The molecule has 1 aliphatic heterocycles. The summed E-state index contributed by atoms with van der Waals surface area (Å²) in [6.07, 6.45) is -1.53. The van der Waals surface area contributed by atoms with Crippen LogP contribution in [0.25, 0.3) is 0 Å². The van der Waals surface area contributed by atoms with Crippen LogP contribution in [0.3, 0.4) is 0 Å². The summed E-state index contributed by atoms with van der Waals surface area (Å²) in [6.45, 7) is 2.59. The van der Waals surface area contributed by atoms with E-state index in [-0.39, 0.29) is 19.0 Å². The van der Waals surface area contributed by atoms with Crippen molar-refractivity contribution in [3.05, 3.63) is 101 Å². The molecule has 3 aromatic carbocycles. The number of amides is 3. The molecule has 0 bridgehead atoms. The van der Waals surface area contributed by atoms with Crippen molar-refractivity contribution in [2.75, 3.05) is 25.6 Å². The lowest BCUT2D eigenvalue weighted by Gasteiger charge is -2.24. The van der Waals surface area contributed by atoms with Crippen molar-refractivity contribution in [3.8, 4) is 0 Å². The number of benzene rings is 3. The zero-order valence-corrected chi connectivity index (χ0v) is 20.6. The molecular weight excluding hydrogens is 477 g/mol. The zero-order chi connectivity index (χ0) is 26.4. The van der Waals surface area contributed by atoms with Gasteiger partial charge in [-0.3, -0.25) is 14.5 Å². The molecule has 37 heavy (non-hydrogen) atoms. The number of nitrogens with one attached hydrogen (secondary N) is 2. The van der Waals surface area contributed by atoms with Gasteiger partial charge < -0.3 is 20.1 Å². The molecule has 4 rings (SSSR count). The summed E-state index contributed by atoms with van der Waals surface area (Å²) >= 11 is 0. The summed E-state index contributed by atoms with van der Waals surface area (Å²) < 4.78 is 24.0. The Labute approximate surface area is 214 Å². The number of rotatable bonds is 9. The SMILES string of the molecule is COCCNC(=O)C1C(c2ccc(NC(=O)c3ccc(C)cc3)cc2)OC(=O)N1Cc1ccc(F)cc1. The number of methoxy groups -OCH3 is 1. The molecule has 1 aliphatic rings. The first-order valence-electron chi connectivity index (χ1n) is 11.8. The van der Waals surface area contributed by atoms with Gasteiger partial charge >= 0.3 is 6.09 Å². The number of cyclic esters (lactones) is 1. The summed E-state index contributed by atoms with van der Waals surface area (Å²) in [4.78, 5) is 39.8. The third kappa shape index (κ3) is 6.31. The van der Waals surface area contributed by atoms with Crippen LogP contribution in [0.5, 0.6) is 0 Å². The first-order chi connectivity index (χ1) is 17.9. The molecule has 2 unspecified atom stereocenters. The predicted molar refractivity (Wildman–Crippen MR) is 135 cm³/mol. The van der Waals surface area contributed by atoms with Gasteiger partial charge in [0.2, 0.25) is 5.91 Å². The number of ether oxygens (including phenoxy) is 2. The van der Waals surface area contributed by atoms with Gasteiger partial charge in [0, 0.05) is 24.9 Å². The smallest absolute Gasteiger partial charge is 0.411 e. The second-order valence-electron chi connectivity index (χ2n) is 8.73. The highest BCUT2D eigenvalue weighted by atomic mass is 19.1. The number of halogens is 1. The van der Waals surface area contributed by atoms with Gasteiger partial charge in [0.25, 0.3) is 5.91 Å². The van der Waals surface area contributed by atoms with Crippen LogP contribution in [0.1, 0.15) is 33.2 Å². The Hall–Kier alpha value is -4.24. The molecule has 2 atom stereocenters. The fourth-order valence-corrected chi connectivity index (χ4v) is 4.04. The highest BCUT2D eigenvalue weighted by Crippen LogP contribution is 2.34. The maximum Gasteiger partial charge on any atom is 0.411 e. The van der Waals surface area contributed by atoms with E-state index in [1.54, 1.807) is 48.5 Å². The predicted octanol–water partition coefficient (Wildman–Crippen LogP) is 4.21. The molecule has 192 valence electrons.